The van der Waals surface area contributed by atoms with Crippen LogP contribution in [0.15, 0.2) is 30.3 Å². The second-order valence-electron chi connectivity index (χ2n) is 6.48. The maximum atomic E-state index is 12.7. The van der Waals surface area contributed by atoms with Crippen LogP contribution in [0.4, 0.5) is 0 Å². The number of halogens is 1. The number of amides is 1. The minimum absolute atomic E-state index is 0. The van der Waals surface area contributed by atoms with E-state index in [0.717, 1.165) is 18.4 Å². The molecular formula is C16H25ClN2O. The van der Waals surface area contributed by atoms with Gasteiger partial charge in [-0.05, 0) is 30.4 Å². The molecule has 3 nitrogen and oxygen atoms in total. The van der Waals surface area contributed by atoms with Crippen LogP contribution in [0, 0.1) is 5.41 Å². The highest BCUT2D eigenvalue weighted by Crippen LogP contribution is 2.49. The van der Waals surface area contributed by atoms with E-state index < -0.39 is 0 Å². The lowest BCUT2D eigenvalue weighted by molar-refractivity contribution is -0.133. The number of likely N-dealkylation sites (N-methyl/N-ethyl adjacent to an activating group) is 1. The minimum atomic E-state index is -0.263. The topological polar surface area (TPSA) is 46.3 Å². The third-order valence-electron chi connectivity index (χ3n) is 4.05. The van der Waals surface area contributed by atoms with Crippen LogP contribution in [0.25, 0.3) is 0 Å². The quantitative estimate of drug-likeness (QED) is 0.908. The van der Waals surface area contributed by atoms with Crippen molar-refractivity contribution in [1.29, 1.82) is 0 Å². The van der Waals surface area contributed by atoms with Crippen molar-refractivity contribution in [3.05, 3.63) is 35.9 Å². The monoisotopic (exact) mass is 296 g/mol. The van der Waals surface area contributed by atoms with Crippen LogP contribution in [0.5, 0.6) is 0 Å². The zero-order chi connectivity index (χ0) is 14.1. The van der Waals surface area contributed by atoms with Gasteiger partial charge in [-0.2, -0.15) is 0 Å². The number of carbonyl (C=O) groups is 1. The smallest absolute Gasteiger partial charge is 0.232 e. The van der Waals surface area contributed by atoms with E-state index >= 15 is 0 Å². The van der Waals surface area contributed by atoms with Crippen LogP contribution in [-0.4, -0.2) is 30.9 Å². The number of nitrogens with two attached hydrogens (primary N) is 1. The summed E-state index contributed by atoms with van der Waals surface area (Å²) in [5.74, 6) is 0.236. The van der Waals surface area contributed by atoms with Crippen molar-refractivity contribution in [2.24, 2.45) is 11.1 Å². The largest absolute Gasteiger partial charge is 0.344 e. The van der Waals surface area contributed by atoms with Crippen molar-refractivity contribution < 1.29 is 4.79 Å². The maximum absolute atomic E-state index is 12.7. The van der Waals surface area contributed by atoms with Crippen molar-refractivity contribution in [3.63, 3.8) is 0 Å². The van der Waals surface area contributed by atoms with Gasteiger partial charge in [0, 0.05) is 13.6 Å². The molecule has 2 N–H and O–H groups in total. The van der Waals surface area contributed by atoms with Crippen molar-refractivity contribution in [2.75, 3.05) is 20.1 Å². The number of benzene rings is 1. The average Bonchev–Trinajstić information content (AvgIpc) is 3.20. The molecule has 0 aliphatic heterocycles. The predicted molar refractivity (Wildman–Crippen MR) is 85.1 cm³/mol. The Labute approximate surface area is 127 Å². The van der Waals surface area contributed by atoms with E-state index in [2.05, 4.69) is 26.0 Å². The molecule has 1 fully saturated rings. The first-order valence-corrected chi connectivity index (χ1v) is 6.92. The first-order chi connectivity index (χ1) is 8.91. The van der Waals surface area contributed by atoms with Crippen LogP contribution in [-0.2, 0) is 10.2 Å². The first kappa shape index (κ1) is 17.0. The zero-order valence-electron chi connectivity index (χ0n) is 12.6. The van der Waals surface area contributed by atoms with Crippen molar-refractivity contribution in [3.8, 4) is 0 Å². The van der Waals surface area contributed by atoms with Gasteiger partial charge in [0.05, 0.1) is 5.41 Å². The third kappa shape index (κ3) is 3.33. The molecule has 0 spiro atoms. The fourth-order valence-electron chi connectivity index (χ4n) is 2.65. The molecule has 1 aromatic carbocycles. The summed E-state index contributed by atoms with van der Waals surface area (Å²) in [7, 11) is 1.89. The van der Waals surface area contributed by atoms with Gasteiger partial charge in [-0.3, -0.25) is 4.79 Å². The average molecular weight is 297 g/mol. The molecule has 1 saturated carbocycles. The molecule has 1 aromatic rings. The Morgan fingerprint density at radius 1 is 1.30 bits per heavy atom. The molecule has 0 radical (unpaired) electrons. The van der Waals surface area contributed by atoms with E-state index in [9.17, 15) is 4.79 Å². The fourth-order valence-corrected chi connectivity index (χ4v) is 2.65. The summed E-state index contributed by atoms with van der Waals surface area (Å²) in [6.07, 6.45) is 1.92. The summed E-state index contributed by atoms with van der Waals surface area (Å²) in [6.45, 7) is 5.48. The normalized spacial score (nSPS) is 16.2. The summed E-state index contributed by atoms with van der Waals surface area (Å²) in [5.41, 5.74) is 6.61. The molecule has 1 aliphatic carbocycles. The Kier molecular flexibility index (Phi) is 5.22. The molecule has 2 rings (SSSR count). The number of nitrogens with zero attached hydrogens (tertiary/aromatic N) is 1. The van der Waals surface area contributed by atoms with Gasteiger partial charge in [0.2, 0.25) is 5.91 Å². The highest BCUT2D eigenvalue weighted by molar-refractivity contribution is 5.91. The van der Waals surface area contributed by atoms with Crippen molar-refractivity contribution >= 4 is 18.3 Å². The second kappa shape index (κ2) is 6.15. The lowest BCUT2D eigenvalue weighted by Gasteiger charge is -2.31. The highest BCUT2D eigenvalue weighted by Gasteiger charge is 2.52. The lowest BCUT2D eigenvalue weighted by Crippen LogP contribution is -2.44. The molecule has 0 atom stereocenters. The predicted octanol–water partition coefficient (Wildman–Crippen LogP) is 2.58. The molecule has 0 unspecified atom stereocenters. The zero-order valence-corrected chi connectivity index (χ0v) is 13.4. The molecular weight excluding hydrogens is 272 g/mol. The van der Waals surface area contributed by atoms with E-state index in [1.54, 1.807) is 0 Å². The van der Waals surface area contributed by atoms with Gasteiger partial charge in [0.1, 0.15) is 0 Å². The summed E-state index contributed by atoms with van der Waals surface area (Å²) >= 11 is 0. The van der Waals surface area contributed by atoms with Gasteiger partial charge >= 0.3 is 0 Å². The highest BCUT2D eigenvalue weighted by atomic mass is 35.5. The fraction of sp³-hybridized carbons (Fsp3) is 0.562. The molecule has 1 amide bonds. The van der Waals surface area contributed by atoms with Gasteiger partial charge in [-0.1, -0.05) is 44.2 Å². The second-order valence-corrected chi connectivity index (χ2v) is 6.48. The van der Waals surface area contributed by atoms with E-state index in [-0.39, 0.29) is 29.1 Å². The van der Waals surface area contributed by atoms with Crippen LogP contribution in [0.3, 0.4) is 0 Å². The van der Waals surface area contributed by atoms with Gasteiger partial charge in [0.25, 0.3) is 0 Å². The molecule has 0 saturated heterocycles. The first-order valence-electron chi connectivity index (χ1n) is 6.92. The number of carbonyl (C=O) groups excluding carboxylic acids is 1. The van der Waals surface area contributed by atoms with Crippen molar-refractivity contribution in [1.82, 2.24) is 4.90 Å². The molecule has 0 aromatic heterocycles. The maximum Gasteiger partial charge on any atom is 0.232 e. The Morgan fingerprint density at radius 3 is 2.30 bits per heavy atom. The summed E-state index contributed by atoms with van der Waals surface area (Å²) in [4.78, 5) is 14.6. The van der Waals surface area contributed by atoms with Gasteiger partial charge in [0.15, 0.2) is 0 Å². The van der Waals surface area contributed by atoms with E-state index in [1.165, 1.54) is 0 Å². The van der Waals surface area contributed by atoms with Crippen LogP contribution >= 0.6 is 12.4 Å². The lowest BCUT2D eigenvalue weighted by atomic mass is 9.90. The van der Waals surface area contributed by atoms with E-state index in [1.807, 2.05) is 30.1 Å². The van der Waals surface area contributed by atoms with Crippen LogP contribution < -0.4 is 5.73 Å². The molecule has 4 heteroatoms. The SMILES string of the molecule is CN(CC(C)(C)CN)C(=O)C1(c2ccccc2)CC1.Cl. The molecule has 20 heavy (non-hydrogen) atoms. The summed E-state index contributed by atoms with van der Waals surface area (Å²) in [6, 6.07) is 10.1. The molecule has 1 aliphatic rings. The Balaban J connectivity index is 0.00000200. The molecule has 112 valence electrons. The van der Waals surface area contributed by atoms with E-state index in [4.69, 9.17) is 5.73 Å². The number of hydrogen-bond acceptors (Lipinski definition) is 2. The van der Waals surface area contributed by atoms with Crippen LogP contribution in [0.2, 0.25) is 0 Å². The Morgan fingerprint density at radius 2 is 1.85 bits per heavy atom. The Hall–Kier alpha value is -1.06. The molecule has 0 heterocycles. The minimum Gasteiger partial charge on any atom is -0.344 e. The van der Waals surface area contributed by atoms with Gasteiger partial charge < -0.3 is 10.6 Å². The van der Waals surface area contributed by atoms with Crippen LogP contribution in [0.1, 0.15) is 32.3 Å². The number of hydrogen-bond donors (Lipinski definition) is 1. The van der Waals surface area contributed by atoms with Gasteiger partial charge in [-0.25, -0.2) is 0 Å². The van der Waals surface area contributed by atoms with Crippen molar-refractivity contribution in [2.45, 2.75) is 32.1 Å². The number of rotatable bonds is 5. The summed E-state index contributed by atoms with van der Waals surface area (Å²) in [5, 5.41) is 0. The van der Waals surface area contributed by atoms with E-state index in [0.29, 0.717) is 13.1 Å². The summed E-state index contributed by atoms with van der Waals surface area (Å²) < 4.78 is 0. The molecule has 0 bridgehead atoms. The Bertz CT molecular complexity index is 455. The standard InChI is InChI=1S/C16H24N2O.ClH/c1-15(2,11-17)12-18(3)14(19)16(9-10-16)13-7-5-4-6-8-13;/h4-8H,9-12,17H2,1-3H3;1H. The van der Waals surface area contributed by atoms with Gasteiger partial charge in [-0.15, -0.1) is 12.4 Å². The third-order valence-corrected chi connectivity index (χ3v) is 4.05.